The van der Waals surface area contributed by atoms with Crippen LogP contribution in [0, 0.1) is 5.92 Å². The average Bonchev–Trinajstić information content (AvgIpc) is 2.90. The van der Waals surface area contributed by atoms with E-state index in [9.17, 15) is 13.2 Å². The Morgan fingerprint density at radius 3 is 2.48 bits per heavy atom. The molecular weight excluding hydrogens is 360 g/mol. The van der Waals surface area contributed by atoms with Gasteiger partial charge in [-0.25, -0.2) is 8.42 Å². The van der Waals surface area contributed by atoms with E-state index in [0.29, 0.717) is 13.0 Å². The summed E-state index contributed by atoms with van der Waals surface area (Å²) < 4.78 is 24.7. The van der Waals surface area contributed by atoms with Gasteiger partial charge in [0.15, 0.2) is 9.84 Å². The Hall–Kier alpha value is -1.66. The first-order chi connectivity index (χ1) is 12.7. The van der Waals surface area contributed by atoms with E-state index >= 15 is 0 Å². The molecule has 0 aromatic heterocycles. The summed E-state index contributed by atoms with van der Waals surface area (Å²) in [6.07, 6.45) is 2.63. The summed E-state index contributed by atoms with van der Waals surface area (Å²) in [5.74, 6) is 0.623. The van der Waals surface area contributed by atoms with Crippen LogP contribution in [0.3, 0.4) is 0 Å². The Kier molecular flexibility index (Phi) is 6.06. The van der Waals surface area contributed by atoms with Crippen LogP contribution in [0.15, 0.2) is 35.9 Å². The van der Waals surface area contributed by atoms with Gasteiger partial charge in [-0.05, 0) is 18.4 Å². The second kappa shape index (κ2) is 8.15. The molecule has 1 amide bonds. The minimum atomic E-state index is -3.11. The number of benzene rings is 1. The highest BCUT2D eigenvalue weighted by molar-refractivity contribution is 7.91. The molecule has 2 fully saturated rings. The molecule has 6 heteroatoms. The normalized spacial score (nSPS) is 25.6. The summed E-state index contributed by atoms with van der Waals surface area (Å²) in [5.41, 5.74) is 2.35. The highest BCUT2D eigenvalue weighted by atomic mass is 32.2. The summed E-state index contributed by atoms with van der Waals surface area (Å²) >= 11 is 0. The number of rotatable bonds is 5. The number of piperazine rings is 1. The first-order valence-electron chi connectivity index (χ1n) is 9.71. The fourth-order valence-electron chi connectivity index (χ4n) is 4.20. The van der Waals surface area contributed by atoms with Crippen molar-refractivity contribution in [3.05, 3.63) is 41.5 Å². The quantitative estimate of drug-likeness (QED) is 0.775. The van der Waals surface area contributed by atoms with Crippen molar-refractivity contribution >= 4 is 21.8 Å². The molecule has 2 aliphatic rings. The zero-order valence-corrected chi connectivity index (χ0v) is 17.3. The molecule has 0 spiro atoms. The molecule has 1 aromatic rings. The summed E-state index contributed by atoms with van der Waals surface area (Å²) in [6, 6.07) is 9.84. The maximum atomic E-state index is 12.6. The maximum Gasteiger partial charge on any atom is 0.223 e. The van der Waals surface area contributed by atoms with E-state index in [-0.39, 0.29) is 35.4 Å². The van der Waals surface area contributed by atoms with Gasteiger partial charge < -0.3 is 4.90 Å². The third-order valence-corrected chi connectivity index (χ3v) is 7.06. The van der Waals surface area contributed by atoms with E-state index in [1.165, 1.54) is 5.57 Å². The fourth-order valence-corrected chi connectivity index (χ4v) is 6.21. The van der Waals surface area contributed by atoms with Crippen molar-refractivity contribution in [1.29, 1.82) is 0 Å². The first kappa shape index (κ1) is 20.1. The molecule has 0 bridgehead atoms. The van der Waals surface area contributed by atoms with Crippen LogP contribution in [0.4, 0.5) is 0 Å². The number of carbonyl (C=O) groups excluding carboxylic acids is 1. The summed E-state index contributed by atoms with van der Waals surface area (Å²) in [6.45, 7) is 8.20. The minimum absolute atomic E-state index is 0.0910. The number of carbonyl (C=O) groups is 1. The smallest absolute Gasteiger partial charge is 0.223 e. The van der Waals surface area contributed by atoms with Gasteiger partial charge in [-0.1, -0.05) is 55.8 Å². The van der Waals surface area contributed by atoms with Crippen LogP contribution in [0.1, 0.15) is 32.8 Å². The van der Waals surface area contributed by atoms with Crippen LogP contribution in [-0.4, -0.2) is 67.3 Å². The highest BCUT2D eigenvalue weighted by Crippen LogP contribution is 2.28. The van der Waals surface area contributed by atoms with Crippen molar-refractivity contribution in [3.63, 3.8) is 0 Å². The number of nitrogens with zero attached hydrogens (tertiary/aromatic N) is 2. The fraction of sp³-hybridized carbons (Fsp3) is 0.571. The summed E-state index contributed by atoms with van der Waals surface area (Å²) in [5, 5.41) is 0. The van der Waals surface area contributed by atoms with E-state index in [2.05, 4.69) is 30.0 Å². The number of sulfone groups is 1. The Bertz CT molecular complexity index is 802. The lowest BCUT2D eigenvalue weighted by Crippen LogP contribution is -2.60. The zero-order valence-electron chi connectivity index (χ0n) is 16.5. The molecule has 148 valence electrons. The lowest BCUT2D eigenvalue weighted by atomic mass is 10.0. The standard InChI is InChI=1S/C21H30N2O3S/c1-16(2)11-21(24)23-10-9-22(19-14-27(25,26)15-20(19)23)13-17(3)12-18-7-5-4-6-8-18/h4-8,12,16,19-20H,9-11,13-15H2,1-3H3/b17-12+/t19-,20+/m0/s1. The van der Waals surface area contributed by atoms with Gasteiger partial charge in [0.05, 0.1) is 17.5 Å². The van der Waals surface area contributed by atoms with E-state index in [4.69, 9.17) is 0 Å². The van der Waals surface area contributed by atoms with Gasteiger partial charge in [0.1, 0.15) is 0 Å². The molecule has 2 aliphatic heterocycles. The van der Waals surface area contributed by atoms with Crippen molar-refractivity contribution in [2.75, 3.05) is 31.1 Å². The molecule has 2 heterocycles. The van der Waals surface area contributed by atoms with E-state index in [0.717, 1.165) is 18.7 Å². The van der Waals surface area contributed by atoms with Gasteiger partial charge in [-0.2, -0.15) is 0 Å². The SMILES string of the molecule is C/C(=C\c1ccccc1)CN1CCN(C(=O)CC(C)C)[C@@H]2CS(=O)(=O)C[C@@H]21. The third kappa shape index (κ3) is 4.99. The number of amides is 1. The van der Waals surface area contributed by atoms with E-state index in [1.807, 2.05) is 36.9 Å². The Labute approximate surface area is 163 Å². The van der Waals surface area contributed by atoms with Gasteiger partial charge in [0.25, 0.3) is 0 Å². The van der Waals surface area contributed by atoms with Crippen molar-refractivity contribution in [3.8, 4) is 0 Å². The molecule has 2 atom stereocenters. The van der Waals surface area contributed by atoms with Crippen LogP contribution in [0.5, 0.6) is 0 Å². The molecule has 0 aliphatic carbocycles. The minimum Gasteiger partial charge on any atom is -0.336 e. The molecule has 3 rings (SSSR count). The van der Waals surface area contributed by atoms with Crippen molar-refractivity contribution in [2.45, 2.75) is 39.3 Å². The number of fused-ring (bicyclic) bond motifs is 1. The third-order valence-electron chi connectivity index (χ3n) is 5.36. The Morgan fingerprint density at radius 1 is 1.15 bits per heavy atom. The maximum absolute atomic E-state index is 12.6. The monoisotopic (exact) mass is 390 g/mol. The van der Waals surface area contributed by atoms with Crippen molar-refractivity contribution in [1.82, 2.24) is 9.80 Å². The summed E-state index contributed by atoms with van der Waals surface area (Å²) in [7, 11) is -3.11. The first-order valence-corrected chi connectivity index (χ1v) is 11.5. The molecule has 1 aromatic carbocycles. The topological polar surface area (TPSA) is 57.7 Å². The second-order valence-corrected chi connectivity index (χ2v) is 10.4. The van der Waals surface area contributed by atoms with Crippen LogP contribution in [-0.2, 0) is 14.6 Å². The average molecular weight is 391 g/mol. The van der Waals surface area contributed by atoms with Crippen LogP contribution in [0.2, 0.25) is 0 Å². The molecule has 0 saturated carbocycles. The van der Waals surface area contributed by atoms with Gasteiger partial charge in [0.2, 0.25) is 5.91 Å². The van der Waals surface area contributed by atoms with Crippen LogP contribution >= 0.6 is 0 Å². The van der Waals surface area contributed by atoms with Crippen molar-refractivity contribution in [2.24, 2.45) is 5.92 Å². The number of hydrogen-bond donors (Lipinski definition) is 0. The molecule has 2 saturated heterocycles. The lowest BCUT2D eigenvalue weighted by molar-refractivity contribution is -0.137. The second-order valence-electron chi connectivity index (χ2n) is 8.27. The molecule has 27 heavy (non-hydrogen) atoms. The molecule has 0 unspecified atom stereocenters. The lowest BCUT2D eigenvalue weighted by Gasteiger charge is -2.44. The zero-order chi connectivity index (χ0) is 19.6. The van der Waals surface area contributed by atoms with Gasteiger partial charge >= 0.3 is 0 Å². The van der Waals surface area contributed by atoms with Crippen LogP contribution in [0.25, 0.3) is 6.08 Å². The molecular formula is C21H30N2O3S. The van der Waals surface area contributed by atoms with Gasteiger partial charge in [-0.3, -0.25) is 9.69 Å². The molecule has 5 nitrogen and oxygen atoms in total. The van der Waals surface area contributed by atoms with Gasteiger partial charge in [0, 0.05) is 32.1 Å². The Morgan fingerprint density at radius 2 is 1.81 bits per heavy atom. The number of hydrogen-bond acceptors (Lipinski definition) is 4. The Balaban J connectivity index is 1.75. The van der Waals surface area contributed by atoms with Gasteiger partial charge in [-0.15, -0.1) is 0 Å². The molecule has 0 N–H and O–H groups in total. The molecule has 0 radical (unpaired) electrons. The van der Waals surface area contributed by atoms with E-state index < -0.39 is 9.84 Å². The van der Waals surface area contributed by atoms with E-state index in [1.54, 1.807) is 0 Å². The van der Waals surface area contributed by atoms with Crippen molar-refractivity contribution < 1.29 is 13.2 Å². The van der Waals surface area contributed by atoms with Crippen LogP contribution < -0.4 is 0 Å². The predicted molar refractivity (Wildman–Crippen MR) is 109 cm³/mol. The predicted octanol–water partition coefficient (Wildman–Crippen LogP) is 2.45. The largest absolute Gasteiger partial charge is 0.336 e. The summed E-state index contributed by atoms with van der Waals surface area (Å²) in [4.78, 5) is 16.7. The highest BCUT2D eigenvalue weighted by Gasteiger charge is 2.47.